The quantitative estimate of drug-likeness (QED) is 0.0817. The van der Waals surface area contributed by atoms with Gasteiger partial charge in [0.2, 0.25) is 0 Å². The molecule has 1 aliphatic heterocycles. The van der Waals surface area contributed by atoms with E-state index in [-0.39, 0.29) is 22.6 Å². The Hall–Kier alpha value is -3.74. The lowest BCUT2D eigenvalue weighted by atomic mass is 10.1. The molecule has 5 nitrogen and oxygen atoms in total. The molecule has 1 aliphatic rings. The van der Waals surface area contributed by atoms with Crippen molar-refractivity contribution in [2.45, 2.75) is 26.6 Å². The van der Waals surface area contributed by atoms with Crippen molar-refractivity contribution in [1.29, 1.82) is 0 Å². The van der Waals surface area contributed by atoms with E-state index in [2.05, 4.69) is 43.4 Å². The van der Waals surface area contributed by atoms with E-state index in [4.69, 9.17) is 4.74 Å². The van der Waals surface area contributed by atoms with Crippen molar-refractivity contribution in [2.75, 3.05) is 33.1 Å². The maximum Gasteiger partial charge on any atom is 0.345 e. The Bertz CT molecular complexity index is 1770. The SMILES string of the molecule is CC1=C(c2ccsc2)CN(C(=O)c2ccccc2)C1.COCN(C[Si](C)(C)C)C(=O)c1ccccc1.FS(F)(F)(F)(F)C#Cc1ccsc1. The first-order chi connectivity index (χ1) is 22.7. The number of hydrogen-bond acceptors (Lipinski definition) is 5. The lowest BCUT2D eigenvalue weighted by Crippen LogP contribution is -2.44. The number of methoxy groups -OCH3 is 1. The fraction of sp³-hybridized carbons (Fsp3) is 0.257. The van der Waals surface area contributed by atoms with Crippen molar-refractivity contribution >= 4 is 58.4 Å². The van der Waals surface area contributed by atoms with E-state index in [9.17, 15) is 29.0 Å². The third kappa shape index (κ3) is 14.3. The number of hydrogen-bond donors (Lipinski definition) is 0. The van der Waals surface area contributed by atoms with Crippen molar-refractivity contribution in [3.05, 3.63) is 122 Å². The van der Waals surface area contributed by atoms with Gasteiger partial charge in [-0.05, 0) is 82.1 Å². The van der Waals surface area contributed by atoms with E-state index in [1.165, 1.54) is 39.5 Å². The second kappa shape index (κ2) is 15.9. The second-order valence-corrected chi connectivity index (χ2v) is 21.5. The van der Waals surface area contributed by atoms with Crippen LogP contribution in [0, 0.1) is 11.2 Å². The normalized spacial score (nSPS) is 14.2. The van der Waals surface area contributed by atoms with Gasteiger partial charge in [0.05, 0.1) is 13.3 Å². The summed E-state index contributed by atoms with van der Waals surface area (Å²) in [6.45, 7) is 10.7. The van der Waals surface area contributed by atoms with E-state index >= 15 is 0 Å². The zero-order chi connectivity index (χ0) is 36.4. The van der Waals surface area contributed by atoms with Gasteiger partial charge < -0.3 is 14.5 Å². The minimum absolute atomic E-state index is 0.0508. The fourth-order valence-corrected chi connectivity index (χ4v) is 7.55. The molecule has 0 saturated heterocycles. The summed E-state index contributed by atoms with van der Waals surface area (Å²) in [7, 11) is -9.26. The van der Waals surface area contributed by atoms with E-state index in [1.807, 2.05) is 65.6 Å². The summed E-state index contributed by atoms with van der Waals surface area (Å²) >= 11 is 2.78. The van der Waals surface area contributed by atoms with E-state index in [0.717, 1.165) is 41.7 Å². The molecule has 14 heteroatoms. The Labute approximate surface area is 293 Å². The topological polar surface area (TPSA) is 49.9 Å². The number of carbonyl (C=O) groups excluding carboxylic acids is 2. The lowest BCUT2D eigenvalue weighted by Gasteiger charge is -2.33. The van der Waals surface area contributed by atoms with Gasteiger partial charge in [-0.2, -0.15) is 22.7 Å². The van der Waals surface area contributed by atoms with Gasteiger partial charge in [-0.1, -0.05) is 75.5 Å². The van der Waals surface area contributed by atoms with Crippen LogP contribution in [0.15, 0.2) is 99.9 Å². The first kappa shape index (κ1) is 39.7. The molecule has 0 atom stereocenters. The zero-order valence-electron chi connectivity index (χ0n) is 27.8. The highest BCUT2D eigenvalue weighted by molar-refractivity contribution is 8.49. The number of benzene rings is 2. The molecule has 0 unspecified atom stereocenters. The van der Waals surface area contributed by atoms with Crippen LogP contribution in [0.5, 0.6) is 0 Å². The van der Waals surface area contributed by atoms with Crippen LogP contribution in [-0.2, 0) is 4.74 Å². The van der Waals surface area contributed by atoms with Crippen molar-refractivity contribution in [3.63, 3.8) is 0 Å². The molecular formula is C35H39F5N2O3S3Si. The average molecular weight is 755 g/mol. The number of amides is 2. The Morgan fingerprint density at radius 3 is 1.92 bits per heavy atom. The van der Waals surface area contributed by atoms with Crippen molar-refractivity contribution in [1.82, 2.24) is 9.80 Å². The molecule has 0 spiro atoms. The second-order valence-electron chi connectivity index (χ2n) is 12.4. The highest BCUT2D eigenvalue weighted by atomic mass is 32.5. The summed E-state index contributed by atoms with van der Waals surface area (Å²) in [5.74, 6) is 1.55. The van der Waals surface area contributed by atoms with Gasteiger partial charge in [0.1, 0.15) is 6.73 Å². The molecule has 2 aromatic heterocycles. The summed E-state index contributed by atoms with van der Waals surface area (Å²) < 4.78 is 63.3. The smallest absolute Gasteiger partial charge is 0.345 e. The molecule has 0 bridgehead atoms. The van der Waals surface area contributed by atoms with Crippen LogP contribution in [0.3, 0.4) is 0 Å². The predicted octanol–water partition coefficient (Wildman–Crippen LogP) is 10.6. The third-order valence-electron chi connectivity index (χ3n) is 6.64. The third-order valence-corrected chi connectivity index (χ3v) is 9.82. The molecule has 0 fully saturated rings. The monoisotopic (exact) mass is 754 g/mol. The number of halogens is 5. The van der Waals surface area contributed by atoms with Gasteiger partial charge in [0.25, 0.3) is 11.8 Å². The van der Waals surface area contributed by atoms with E-state index in [1.54, 1.807) is 23.3 Å². The molecule has 4 aromatic rings. The summed E-state index contributed by atoms with van der Waals surface area (Å²) in [6, 6.07) is 22.2. The molecule has 0 N–H and O–H groups in total. The minimum atomic E-state index is -9.56. The maximum absolute atomic E-state index is 12.4. The summed E-state index contributed by atoms with van der Waals surface area (Å²) in [4.78, 5) is 28.4. The molecule has 5 rings (SSSR count). The molecule has 49 heavy (non-hydrogen) atoms. The largest absolute Gasteiger partial charge is 0.364 e. The molecule has 264 valence electrons. The maximum atomic E-state index is 12.4. The fourth-order valence-electron chi connectivity index (χ4n) is 4.60. The van der Waals surface area contributed by atoms with Gasteiger partial charge in [0, 0.05) is 48.4 Å². The Morgan fingerprint density at radius 2 is 1.43 bits per heavy atom. The number of ether oxygens (including phenoxy) is 1. The highest BCUT2D eigenvalue weighted by Crippen LogP contribution is 2.97. The van der Waals surface area contributed by atoms with Gasteiger partial charge in [-0.25, -0.2) is 0 Å². The van der Waals surface area contributed by atoms with Crippen LogP contribution in [-0.4, -0.2) is 62.8 Å². The first-order valence-electron chi connectivity index (χ1n) is 14.9. The van der Waals surface area contributed by atoms with Crippen LogP contribution in [0.2, 0.25) is 19.6 Å². The summed E-state index contributed by atoms with van der Waals surface area (Å²) in [5, 5.41) is 7.06. The predicted molar refractivity (Wildman–Crippen MR) is 196 cm³/mol. The van der Waals surface area contributed by atoms with Crippen molar-refractivity contribution < 1.29 is 33.8 Å². The molecule has 0 radical (unpaired) electrons. The summed E-state index contributed by atoms with van der Waals surface area (Å²) in [5.41, 5.74) is 5.28. The average Bonchev–Trinajstić information content (AvgIpc) is 3.82. The van der Waals surface area contributed by atoms with Crippen LogP contribution in [0.25, 0.3) is 5.57 Å². The van der Waals surface area contributed by atoms with Gasteiger partial charge in [-0.15, -0.1) is 0 Å². The Morgan fingerprint density at radius 1 is 0.857 bits per heavy atom. The molecule has 3 heterocycles. The zero-order valence-corrected chi connectivity index (χ0v) is 31.2. The van der Waals surface area contributed by atoms with Crippen LogP contribution < -0.4 is 0 Å². The van der Waals surface area contributed by atoms with E-state index in [0.29, 0.717) is 6.73 Å². The number of thiophene rings is 2. The molecular weight excluding hydrogens is 716 g/mol. The number of carbonyl (C=O) groups is 2. The summed E-state index contributed by atoms with van der Waals surface area (Å²) in [6.07, 6.45) is 0.814. The van der Waals surface area contributed by atoms with Crippen molar-refractivity contribution in [3.8, 4) is 11.2 Å². The standard InChI is InChI=1S/C16H15NOS.C13H21NO2Si.C6H3F5S2/c1-12-9-17(10-15(12)14-7-8-19-11-14)16(18)13-5-3-2-4-6-13;1-16-10-14(11-17(2,3)4)13(15)12-8-6-5-7-9-12;7-13(8,9,10,11)4-2-6-1-3-12-5-6/h2-8,11H,9-10H2,1H3;5-9H,10-11H2,1-4H3;1,3,5H. The molecule has 2 amide bonds. The van der Waals surface area contributed by atoms with Crippen LogP contribution in [0.1, 0.15) is 38.8 Å². The minimum Gasteiger partial charge on any atom is -0.364 e. The highest BCUT2D eigenvalue weighted by Gasteiger charge is 2.62. The lowest BCUT2D eigenvalue weighted by molar-refractivity contribution is 0.0473. The molecule has 2 aromatic carbocycles. The first-order valence-corrected chi connectivity index (χ1v) is 22.5. The van der Waals surface area contributed by atoms with Crippen molar-refractivity contribution in [2.24, 2.45) is 0 Å². The van der Waals surface area contributed by atoms with Gasteiger partial charge >= 0.3 is 10.2 Å². The Kier molecular flexibility index (Phi) is 12.8. The van der Waals surface area contributed by atoms with Gasteiger partial charge in [0.15, 0.2) is 0 Å². The Balaban J connectivity index is 0.000000203. The molecule has 0 saturated carbocycles. The number of nitrogens with zero attached hydrogens (tertiary/aromatic N) is 2. The molecule has 0 aliphatic carbocycles. The van der Waals surface area contributed by atoms with E-state index < -0.39 is 18.3 Å². The van der Waals surface area contributed by atoms with Crippen LogP contribution >= 0.6 is 32.9 Å². The van der Waals surface area contributed by atoms with Gasteiger partial charge in [-0.3, -0.25) is 9.59 Å². The number of rotatable bonds is 7. The van der Waals surface area contributed by atoms with Crippen LogP contribution in [0.4, 0.5) is 19.4 Å².